The average molecular weight is 561 g/mol. The number of anilines is 1. The summed E-state index contributed by atoms with van der Waals surface area (Å²) in [6, 6.07) is 28.3. The Bertz CT molecular complexity index is 1530. The summed E-state index contributed by atoms with van der Waals surface area (Å²) in [5.74, 6) is 0.763. The Morgan fingerprint density at radius 2 is 1.64 bits per heavy atom. The number of hydrogen-bond acceptors (Lipinski definition) is 5. The van der Waals surface area contributed by atoms with Crippen LogP contribution in [0.15, 0.2) is 104 Å². The van der Waals surface area contributed by atoms with Gasteiger partial charge in [0.05, 0.1) is 18.2 Å². The Hall–Kier alpha value is -4.49. The largest absolute Gasteiger partial charge is 0.349 e. The molecule has 0 radical (unpaired) electrons. The van der Waals surface area contributed by atoms with Gasteiger partial charge in [-0.05, 0) is 73.5 Å². The number of rotatable bonds is 14. The summed E-state index contributed by atoms with van der Waals surface area (Å²) in [7, 11) is 0. The molecule has 0 bridgehead atoms. The van der Waals surface area contributed by atoms with E-state index in [-0.39, 0.29) is 11.9 Å². The maximum Gasteiger partial charge on any atom is 0.252 e. The van der Waals surface area contributed by atoms with Crippen molar-refractivity contribution in [1.82, 2.24) is 25.2 Å². The number of hydrogen-bond donors (Lipinski definition) is 2. The maximum atomic E-state index is 13.2. The minimum Gasteiger partial charge on any atom is -0.349 e. The number of nitrogens with zero attached hydrogens (tertiary/aromatic N) is 4. The maximum absolute atomic E-state index is 13.2. The first-order chi connectivity index (χ1) is 20.6. The lowest BCUT2D eigenvalue weighted by Gasteiger charge is -2.34. The van der Waals surface area contributed by atoms with Gasteiger partial charge >= 0.3 is 0 Å². The van der Waals surface area contributed by atoms with Crippen LogP contribution in [0.2, 0.25) is 0 Å². The van der Waals surface area contributed by atoms with Crippen molar-refractivity contribution in [2.24, 2.45) is 0 Å². The number of carbonyl (C=O) groups excluding carboxylic acids is 1. The second kappa shape index (κ2) is 14.4. The second-order valence-electron chi connectivity index (χ2n) is 10.7. The highest BCUT2D eigenvalue weighted by Gasteiger charge is 2.24. The Morgan fingerprint density at radius 3 is 2.36 bits per heavy atom. The summed E-state index contributed by atoms with van der Waals surface area (Å²) in [4.78, 5) is 30.5. The highest BCUT2D eigenvalue weighted by Crippen LogP contribution is 2.31. The SMILES string of the molecule is CCCN(CCC)Cc1ccc(N(CNC(=O)c2ccccc2)C(Cc2ncc[nH]2)c2cnc3ccccc3c2)cc1. The Kier molecular flexibility index (Phi) is 9.96. The first-order valence-electron chi connectivity index (χ1n) is 14.9. The molecular weight excluding hydrogens is 520 g/mol. The van der Waals surface area contributed by atoms with Crippen LogP contribution in [0.1, 0.15) is 60.0 Å². The molecule has 0 saturated carbocycles. The first-order valence-corrected chi connectivity index (χ1v) is 14.9. The molecule has 0 spiro atoms. The molecule has 2 N–H and O–H groups in total. The fourth-order valence-corrected chi connectivity index (χ4v) is 5.45. The lowest BCUT2D eigenvalue weighted by Crippen LogP contribution is -2.41. The smallest absolute Gasteiger partial charge is 0.252 e. The molecule has 42 heavy (non-hydrogen) atoms. The van der Waals surface area contributed by atoms with Crippen LogP contribution in [-0.2, 0) is 13.0 Å². The molecule has 5 rings (SSSR count). The number of nitrogens with one attached hydrogen (secondary N) is 2. The number of carbonyl (C=O) groups is 1. The number of aromatic nitrogens is 3. The van der Waals surface area contributed by atoms with Gasteiger partial charge in [-0.15, -0.1) is 0 Å². The number of H-pyrrole nitrogens is 1. The average Bonchev–Trinajstić information content (AvgIpc) is 3.55. The molecule has 3 aromatic carbocycles. The van der Waals surface area contributed by atoms with Crippen LogP contribution in [0.25, 0.3) is 10.9 Å². The highest BCUT2D eigenvalue weighted by atomic mass is 16.1. The molecule has 0 aliphatic heterocycles. The number of aromatic amines is 1. The third-order valence-corrected chi connectivity index (χ3v) is 7.51. The monoisotopic (exact) mass is 560 g/mol. The van der Waals surface area contributed by atoms with Crippen molar-refractivity contribution in [1.29, 1.82) is 0 Å². The van der Waals surface area contributed by atoms with E-state index in [2.05, 4.69) is 75.3 Å². The zero-order valence-corrected chi connectivity index (χ0v) is 24.5. The van der Waals surface area contributed by atoms with Gasteiger partial charge in [-0.2, -0.15) is 0 Å². The van der Waals surface area contributed by atoms with E-state index in [4.69, 9.17) is 4.98 Å². The first kappa shape index (κ1) is 29.0. The van der Waals surface area contributed by atoms with E-state index in [0.717, 1.165) is 60.5 Å². The molecule has 1 unspecified atom stereocenters. The number of amides is 1. The summed E-state index contributed by atoms with van der Waals surface area (Å²) in [5, 5.41) is 4.25. The van der Waals surface area contributed by atoms with Crippen LogP contribution in [0.4, 0.5) is 5.69 Å². The Balaban J connectivity index is 1.49. The van der Waals surface area contributed by atoms with Crippen LogP contribution in [0.3, 0.4) is 0 Å². The van der Waals surface area contributed by atoms with Gasteiger partial charge in [0.25, 0.3) is 5.91 Å². The summed E-state index contributed by atoms with van der Waals surface area (Å²) >= 11 is 0. The molecule has 2 aromatic heterocycles. The molecule has 0 aliphatic carbocycles. The van der Waals surface area contributed by atoms with Gasteiger partial charge in [-0.25, -0.2) is 4.98 Å². The summed E-state index contributed by atoms with van der Waals surface area (Å²) in [5.41, 5.74) is 4.95. The van der Waals surface area contributed by atoms with Crippen molar-refractivity contribution in [2.75, 3.05) is 24.7 Å². The van der Waals surface area contributed by atoms with Crippen molar-refractivity contribution >= 4 is 22.5 Å². The van der Waals surface area contributed by atoms with Gasteiger partial charge in [0.1, 0.15) is 5.82 Å². The lowest BCUT2D eigenvalue weighted by molar-refractivity contribution is 0.0952. The number of pyridine rings is 1. The highest BCUT2D eigenvalue weighted by molar-refractivity contribution is 5.94. The van der Waals surface area contributed by atoms with Gasteiger partial charge < -0.3 is 15.2 Å². The molecule has 5 aromatic rings. The summed E-state index contributed by atoms with van der Waals surface area (Å²) < 4.78 is 0. The third-order valence-electron chi connectivity index (χ3n) is 7.51. The van der Waals surface area contributed by atoms with Crippen molar-refractivity contribution in [3.05, 3.63) is 126 Å². The van der Waals surface area contributed by atoms with Crippen molar-refractivity contribution < 1.29 is 4.79 Å². The third kappa shape index (κ3) is 7.42. The van der Waals surface area contributed by atoms with Crippen LogP contribution < -0.4 is 10.2 Å². The predicted octanol–water partition coefficient (Wildman–Crippen LogP) is 6.76. The Labute approximate surface area is 248 Å². The molecule has 0 fully saturated rings. The molecule has 0 aliphatic rings. The van der Waals surface area contributed by atoms with Crippen LogP contribution in [0.5, 0.6) is 0 Å². The zero-order valence-electron chi connectivity index (χ0n) is 24.5. The van der Waals surface area contributed by atoms with E-state index in [1.165, 1.54) is 5.56 Å². The van der Waals surface area contributed by atoms with E-state index in [1.807, 2.05) is 60.9 Å². The molecule has 2 heterocycles. The van der Waals surface area contributed by atoms with E-state index in [1.54, 1.807) is 6.20 Å². The van der Waals surface area contributed by atoms with Crippen LogP contribution in [0, 0.1) is 0 Å². The lowest BCUT2D eigenvalue weighted by atomic mass is 10.0. The van der Waals surface area contributed by atoms with Crippen LogP contribution in [-0.4, -0.2) is 45.5 Å². The molecule has 1 amide bonds. The number of imidazole rings is 1. The van der Waals surface area contributed by atoms with Crippen molar-refractivity contribution in [3.63, 3.8) is 0 Å². The second-order valence-corrected chi connectivity index (χ2v) is 10.7. The van der Waals surface area contributed by atoms with E-state index in [9.17, 15) is 4.79 Å². The van der Waals surface area contributed by atoms with E-state index < -0.39 is 0 Å². The van der Waals surface area contributed by atoms with Gasteiger partial charge in [-0.3, -0.25) is 14.7 Å². The quantitative estimate of drug-likeness (QED) is 0.147. The van der Waals surface area contributed by atoms with Crippen LogP contribution >= 0.6 is 0 Å². The predicted molar refractivity (Wildman–Crippen MR) is 170 cm³/mol. The normalized spacial score (nSPS) is 12.0. The zero-order chi connectivity index (χ0) is 29.1. The van der Waals surface area contributed by atoms with E-state index in [0.29, 0.717) is 18.7 Å². The molecule has 7 nitrogen and oxygen atoms in total. The fourth-order valence-electron chi connectivity index (χ4n) is 5.45. The fraction of sp³-hybridized carbons (Fsp3) is 0.286. The topological polar surface area (TPSA) is 77.1 Å². The standard InChI is InChI=1S/C35H40N6O/c1-3-20-40(21-4-2)25-27-14-16-31(17-15-27)41(26-39-35(42)28-10-6-5-7-11-28)33(23-34-36-18-19-37-34)30-22-29-12-8-9-13-32(29)38-24-30/h5-19,22,24,33H,3-4,20-21,23,25-26H2,1-2H3,(H,36,37)(H,39,42). The molecule has 0 saturated heterocycles. The van der Waals surface area contributed by atoms with Gasteiger partial charge in [-0.1, -0.05) is 62.4 Å². The summed E-state index contributed by atoms with van der Waals surface area (Å²) in [6.45, 7) is 7.89. The minimum atomic E-state index is -0.133. The van der Waals surface area contributed by atoms with E-state index >= 15 is 0 Å². The van der Waals surface area contributed by atoms with Gasteiger partial charge in [0.15, 0.2) is 0 Å². The van der Waals surface area contributed by atoms with Gasteiger partial charge in [0, 0.05) is 48.2 Å². The minimum absolute atomic E-state index is 0.111. The molecule has 1 atom stereocenters. The Morgan fingerprint density at radius 1 is 0.905 bits per heavy atom. The molecular formula is C35H40N6O. The number of benzene rings is 3. The summed E-state index contributed by atoms with van der Waals surface area (Å²) in [6.07, 6.45) is 8.47. The molecule has 7 heteroatoms. The molecule has 216 valence electrons. The van der Waals surface area contributed by atoms with Crippen molar-refractivity contribution in [3.8, 4) is 0 Å². The number of para-hydroxylation sites is 1. The number of fused-ring (bicyclic) bond motifs is 1. The van der Waals surface area contributed by atoms with Crippen molar-refractivity contribution in [2.45, 2.75) is 45.7 Å². The van der Waals surface area contributed by atoms with Gasteiger partial charge in [0.2, 0.25) is 0 Å².